The molecule has 0 aliphatic carbocycles. The third kappa shape index (κ3) is 2.35. The molecular weight excluding hydrogens is 270 g/mol. The second kappa shape index (κ2) is 5.56. The first kappa shape index (κ1) is 14.2. The Kier molecular flexibility index (Phi) is 3.76. The van der Waals surface area contributed by atoms with E-state index in [1.807, 2.05) is 6.07 Å². The number of fused-ring (bicyclic) bond motifs is 1. The van der Waals surface area contributed by atoms with Gasteiger partial charge in [-0.05, 0) is 38.9 Å². The van der Waals surface area contributed by atoms with E-state index in [1.54, 1.807) is 14.2 Å². The molecule has 0 N–H and O–H groups in total. The summed E-state index contributed by atoms with van der Waals surface area (Å²) in [6.07, 6.45) is 2.09. The highest BCUT2D eigenvalue weighted by atomic mass is 16.5. The zero-order chi connectivity index (χ0) is 15.0. The Balaban J connectivity index is 2.09. The molecule has 0 radical (unpaired) electrons. The first-order chi connectivity index (χ1) is 10.2. The number of carbonyl (C=O) groups excluding carboxylic acids is 1. The summed E-state index contributed by atoms with van der Waals surface area (Å²) in [5.74, 6) is 2.32. The monoisotopic (exact) mass is 291 g/mol. The number of piperidine rings is 1. The van der Waals surface area contributed by atoms with Crippen LogP contribution in [0.4, 0.5) is 0 Å². The number of hydrogen-bond acceptors (Lipinski definition) is 5. The van der Waals surface area contributed by atoms with E-state index in [9.17, 15) is 4.79 Å². The van der Waals surface area contributed by atoms with Crippen molar-refractivity contribution in [3.05, 3.63) is 17.2 Å². The van der Waals surface area contributed by atoms with Crippen molar-refractivity contribution in [2.75, 3.05) is 41.0 Å². The Hall–Kier alpha value is -1.75. The third-order valence-corrected chi connectivity index (χ3v) is 4.44. The molecule has 0 saturated carbocycles. The van der Waals surface area contributed by atoms with Crippen LogP contribution in [0, 0.1) is 0 Å². The molecule has 1 aromatic carbocycles. The first-order valence-electron chi connectivity index (χ1n) is 7.29. The lowest BCUT2D eigenvalue weighted by atomic mass is 9.86. The Morgan fingerprint density at radius 1 is 1.19 bits per heavy atom. The predicted molar refractivity (Wildman–Crippen MR) is 78.8 cm³/mol. The van der Waals surface area contributed by atoms with Crippen molar-refractivity contribution >= 4 is 5.78 Å². The molecule has 1 saturated heterocycles. The molecule has 0 amide bonds. The Bertz CT molecular complexity index is 562. The van der Waals surface area contributed by atoms with Crippen LogP contribution in [0.15, 0.2) is 6.07 Å². The van der Waals surface area contributed by atoms with Crippen molar-refractivity contribution in [2.45, 2.75) is 18.8 Å². The van der Waals surface area contributed by atoms with Gasteiger partial charge in [-0.2, -0.15) is 0 Å². The molecular formula is C16H21NO4. The number of rotatable bonds is 3. The number of benzene rings is 1. The number of nitrogens with zero attached hydrogens (tertiary/aromatic N) is 1. The zero-order valence-corrected chi connectivity index (χ0v) is 12.8. The minimum absolute atomic E-state index is 0.0151. The van der Waals surface area contributed by atoms with Gasteiger partial charge in [0.1, 0.15) is 22.8 Å². The average Bonchev–Trinajstić information content (AvgIpc) is 2.89. The largest absolute Gasteiger partial charge is 0.496 e. The Labute approximate surface area is 124 Å². The van der Waals surface area contributed by atoms with E-state index in [4.69, 9.17) is 14.2 Å². The predicted octanol–water partition coefficient (Wildman–Crippen LogP) is 2.09. The van der Waals surface area contributed by atoms with Crippen LogP contribution in [-0.2, 0) is 0 Å². The highest BCUT2D eigenvalue weighted by Gasteiger charge is 2.34. The van der Waals surface area contributed by atoms with Crippen molar-refractivity contribution in [3.63, 3.8) is 0 Å². The van der Waals surface area contributed by atoms with E-state index in [-0.39, 0.29) is 12.4 Å². The van der Waals surface area contributed by atoms with Gasteiger partial charge in [-0.1, -0.05) is 0 Å². The van der Waals surface area contributed by atoms with Gasteiger partial charge in [0.05, 0.1) is 14.2 Å². The van der Waals surface area contributed by atoms with E-state index in [2.05, 4.69) is 11.9 Å². The molecule has 0 unspecified atom stereocenters. The van der Waals surface area contributed by atoms with Crippen LogP contribution < -0.4 is 14.2 Å². The van der Waals surface area contributed by atoms with Crippen molar-refractivity contribution < 1.29 is 19.0 Å². The summed E-state index contributed by atoms with van der Waals surface area (Å²) in [6, 6.07) is 1.82. The average molecular weight is 291 g/mol. The van der Waals surface area contributed by atoms with Crippen LogP contribution in [0.3, 0.4) is 0 Å². The van der Waals surface area contributed by atoms with Crippen molar-refractivity contribution in [3.8, 4) is 17.2 Å². The van der Waals surface area contributed by atoms with Crippen molar-refractivity contribution in [1.29, 1.82) is 0 Å². The van der Waals surface area contributed by atoms with E-state index in [0.29, 0.717) is 23.0 Å². The number of Topliss-reactive ketones (excluding diaryl/α,β-unsaturated/α-hetero) is 1. The van der Waals surface area contributed by atoms with Gasteiger partial charge in [-0.25, -0.2) is 0 Å². The number of hydrogen-bond donors (Lipinski definition) is 0. The second-order valence-corrected chi connectivity index (χ2v) is 5.69. The van der Waals surface area contributed by atoms with Crippen molar-refractivity contribution in [1.82, 2.24) is 4.90 Å². The quantitative estimate of drug-likeness (QED) is 0.853. The maximum atomic E-state index is 12.1. The standard InChI is InChI=1S/C16H21NO4/c1-17-6-4-10(5-7-17)14-12(19-2)8-13(20-3)15-11(18)9-21-16(14)15/h8,10H,4-7,9H2,1-3H3. The molecule has 0 bridgehead atoms. The first-order valence-corrected chi connectivity index (χ1v) is 7.29. The Morgan fingerprint density at radius 3 is 2.48 bits per heavy atom. The highest BCUT2D eigenvalue weighted by Crippen LogP contribution is 2.48. The lowest BCUT2D eigenvalue weighted by molar-refractivity contribution is 0.0959. The molecule has 0 spiro atoms. The van der Waals surface area contributed by atoms with Crippen LogP contribution in [0.5, 0.6) is 17.2 Å². The molecule has 21 heavy (non-hydrogen) atoms. The molecule has 5 heteroatoms. The number of ether oxygens (including phenoxy) is 3. The fourth-order valence-electron chi connectivity index (χ4n) is 3.27. The summed E-state index contributed by atoms with van der Waals surface area (Å²) in [7, 11) is 5.35. The summed E-state index contributed by atoms with van der Waals surface area (Å²) < 4.78 is 16.6. The van der Waals surface area contributed by atoms with Gasteiger partial charge in [0.15, 0.2) is 6.61 Å². The van der Waals surface area contributed by atoms with Gasteiger partial charge in [0.2, 0.25) is 5.78 Å². The minimum Gasteiger partial charge on any atom is -0.496 e. The fourth-order valence-corrected chi connectivity index (χ4v) is 3.27. The third-order valence-electron chi connectivity index (χ3n) is 4.44. The molecule has 5 nitrogen and oxygen atoms in total. The van der Waals surface area contributed by atoms with Gasteiger partial charge in [-0.3, -0.25) is 4.79 Å². The van der Waals surface area contributed by atoms with E-state index < -0.39 is 0 Å². The number of carbonyl (C=O) groups is 1. The van der Waals surface area contributed by atoms with Gasteiger partial charge in [0.25, 0.3) is 0 Å². The molecule has 3 rings (SSSR count). The van der Waals surface area contributed by atoms with Crippen LogP contribution in [-0.4, -0.2) is 51.6 Å². The molecule has 1 fully saturated rings. The SMILES string of the molecule is COc1cc(OC)c(C2CCN(C)CC2)c2c1C(=O)CO2. The van der Waals surface area contributed by atoms with Gasteiger partial charge >= 0.3 is 0 Å². The van der Waals surface area contributed by atoms with E-state index in [0.717, 1.165) is 37.2 Å². The molecule has 2 aliphatic heterocycles. The normalized spacial score (nSPS) is 19.3. The maximum Gasteiger partial charge on any atom is 0.207 e. The summed E-state index contributed by atoms with van der Waals surface area (Å²) in [6.45, 7) is 2.18. The zero-order valence-electron chi connectivity index (χ0n) is 12.8. The minimum atomic E-state index is -0.0151. The van der Waals surface area contributed by atoms with Gasteiger partial charge in [0, 0.05) is 11.6 Å². The van der Waals surface area contributed by atoms with Gasteiger partial charge in [-0.15, -0.1) is 0 Å². The highest BCUT2D eigenvalue weighted by molar-refractivity contribution is 6.05. The molecule has 0 atom stereocenters. The van der Waals surface area contributed by atoms with Gasteiger partial charge < -0.3 is 19.1 Å². The summed E-state index contributed by atoms with van der Waals surface area (Å²) >= 11 is 0. The molecule has 2 heterocycles. The molecule has 114 valence electrons. The Morgan fingerprint density at radius 2 is 1.86 bits per heavy atom. The number of methoxy groups -OCH3 is 2. The fraction of sp³-hybridized carbons (Fsp3) is 0.562. The van der Waals surface area contributed by atoms with Crippen LogP contribution in [0.1, 0.15) is 34.7 Å². The van der Waals surface area contributed by atoms with E-state index in [1.165, 1.54) is 0 Å². The molecule has 2 aliphatic rings. The van der Waals surface area contributed by atoms with E-state index >= 15 is 0 Å². The number of ketones is 1. The van der Waals surface area contributed by atoms with Crippen LogP contribution >= 0.6 is 0 Å². The summed E-state index contributed by atoms with van der Waals surface area (Å²) in [5, 5.41) is 0. The number of likely N-dealkylation sites (tertiary alicyclic amines) is 1. The second-order valence-electron chi connectivity index (χ2n) is 5.69. The molecule has 0 aromatic heterocycles. The summed E-state index contributed by atoms with van der Waals surface area (Å²) in [5.41, 5.74) is 1.61. The van der Waals surface area contributed by atoms with Crippen LogP contribution in [0.25, 0.3) is 0 Å². The maximum absolute atomic E-state index is 12.1. The van der Waals surface area contributed by atoms with Crippen molar-refractivity contribution in [2.24, 2.45) is 0 Å². The summed E-state index contributed by atoms with van der Waals surface area (Å²) in [4.78, 5) is 14.4. The van der Waals surface area contributed by atoms with Crippen LogP contribution in [0.2, 0.25) is 0 Å². The lowest BCUT2D eigenvalue weighted by Gasteiger charge is -2.31. The lowest BCUT2D eigenvalue weighted by Crippen LogP contribution is -2.29. The molecule has 1 aromatic rings. The topological polar surface area (TPSA) is 48.0 Å². The smallest absolute Gasteiger partial charge is 0.207 e.